The number of imidazole rings is 1. The smallest absolute Gasteiger partial charge is 0.291 e. The molecule has 0 bridgehead atoms. The van der Waals surface area contributed by atoms with E-state index in [4.69, 9.17) is 9.84 Å². The number of aliphatic hydroxyl groups excluding tert-OH is 1. The fraction of sp³-hybridized carbons (Fsp3) is 0.280. The first-order valence-electron chi connectivity index (χ1n) is 11.3. The summed E-state index contributed by atoms with van der Waals surface area (Å²) in [5.41, 5.74) is 3.41. The first kappa shape index (κ1) is 22.0. The van der Waals surface area contributed by atoms with Crippen molar-refractivity contribution in [3.8, 4) is 0 Å². The summed E-state index contributed by atoms with van der Waals surface area (Å²) >= 11 is 0. The molecule has 3 heterocycles. The molecule has 3 N–H and O–H groups in total. The summed E-state index contributed by atoms with van der Waals surface area (Å²) in [4.78, 5) is 25.9. The molecule has 4 aromatic rings. The third-order valence-electron chi connectivity index (χ3n) is 5.96. The predicted molar refractivity (Wildman–Crippen MR) is 127 cm³/mol. The molecule has 0 saturated carbocycles. The molecule has 1 aliphatic heterocycles. The lowest BCUT2D eigenvalue weighted by Crippen LogP contribution is -2.27. The van der Waals surface area contributed by atoms with Crippen LogP contribution in [0.15, 0.2) is 67.0 Å². The monoisotopic (exact) mass is 458 g/mol. The normalized spacial score (nSPS) is 15.6. The number of aromatic nitrogens is 4. The minimum Gasteiger partial charge on any atom is -0.376 e. The van der Waals surface area contributed by atoms with Crippen LogP contribution in [0.25, 0.3) is 11.2 Å². The molecule has 174 valence electrons. The topological polar surface area (TPSA) is 114 Å². The van der Waals surface area contributed by atoms with Crippen molar-refractivity contribution in [1.29, 1.82) is 0 Å². The molecule has 9 heteroatoms. The fourth-order valence-electron chi connectivity index (χ4n) is 4.28. The highest BCUT2D eigenvalue weighted by Gasteiger charge is 2.24. The Kier molecular flexibility index (Phi) is 6.46. The highest BCUT2D eigenvalue weighted by Crippen LogP contribution is 2.30. The molecule has 2 aromatic carbocycles. The van der Waals surface area contributed by atoms with Crippen LogP contribution in [0.2, 0.25) is 0 Å². The van der Waals surface area contributed by atoms with Gasteiger partial charge in [-0.3, -0.25) is 9.36 Å². The molecule has 0 aliphatic carbocycles. The van der Waals surface area contributed by atoms with Gasteiger partial charge in [-0.05, 0) is 24.0 Å². The summed E-state index contributed by atoms with van der Waals surface area (Å²) < 4.78 is 7.65. The highest BCUT2D eigenvalue weighted by molar-refractivity contribution is 5.94. The molecule has 1 fully saturated rings. The van der Waals surface area contributed by atoms with Crippen LogP contribution >= 0.6 is 0 Å². The molecule has 1 unspecified atom stereocenters. The summed E-state index contributed by atoms with van der Waals surface area (Å²) in [6, 6.07) is 20.5. The number of ether oxygens (including phenoxy) is 1. The van der Waals surface area contributed by atoms with Crippen molar-refractivity contribution in [2.75, 3.05) is 25.2 Å². The van der Waals surface area contributed by atoms with Crippen molar-refractivity contribution in [1.82, 2.24) is 24.8 Å². The molecule has 1 atom stereocenters. The first-order chi connectivity index (χ1) is 16.7. The molecule has 0 spiro atoms. The molecule has 5 rings (SSSR count). The van der Waals surface area contributed by atoms with Gasteiger partial charge in [-0.15, -0.1) is 0 Å². The Morgan fingerprint density at radius 1 is 1.09 bits per heavy atom. The third kappa shape index (κ3) is 4.48. The fourth-order valence-corrected chi connectivity index (χ4v) is 4.28. The van der Waals surface area contributed by atoms with Crippen LogP contribution in [0.1, 0.15) is 46.7 Å². The van der Waals surface area contributed by atoms with Crippen LogP contribution in [0.4, 0.5) is 5.82 Å². The number of hydrogen-bond donors (Lipinski definition) is 3. The van der Waals surface area contributed by atoms with Crippen LogP contribution in [-0.4, -0.2) is 50.4 Å². The Morgan fingerprint density at radius 2 is 1.79 bits per heavy atom. The van der Waals surface area contributed by atoms with E-state index < -0.39 is 12.6 Å². The lowest BCUT2D eigenvalue weighted by atomic mass is 9.91. The largest absolute Gasteiger partial charge is 0.376 e. The molecule has 1 saturated heterocycles. The van der Waals surface area contributed by atoms with Gasteiger partial charge < -0.3 is 20.5 Å². The Morgan fingerprint density at radius 3 is 2.41 bits per heavy atom. The number of carbonyl (C=O) groups is 1. The maximum Gasteiger partial charge on any atom is 0.291 e. The molecule has 34 heavy (non-hydrogen) atoms. The van der Waals surface area contributed by atoms with Crippen molar-refractivity contribution in [3.05, 3.63) is 83.9 Å². The van der Waals surface area contributed by atoms with Crippen LogP contribution < -0.4 is 10.6 Å². The Balaban J connectivity index is 1.52. The Labute approximate surface area is 196 Å². The van der Waals surface area contributed by atoms with E-state index in [1.165, 1.54) is 0 Å². The van der Waals surface area contributed by atoms with Crippen LogP contribution in [0, 0.1) is 0 Å². The second kappa shape index (κ2) is 9.98. The number of hydrogen-bond acceptors (Lipinski definition) is 7. The molecule has 1 aliphatic rings. The maximum atomic E-state index is 12.5. The zero-order chi connectivity index (χ0) is 23.3. The Bertz CT molecular complexity index is 1220. The van der Waals surface area contributed by atoms with Gasteiger partial charge in [0, 0.05) is 19.1 Å². The number of benzene rings is 2. The number of nitrogens with one attached hydrogen (secondary N) is 2. The number of rotatable bonds is 8. The number of nitrogens with zero attached hydrogens (tertiary/aromatic N) is 4. The predicted octanol–water partition coefficient (Wildman–Crippen LogP) is 3.06. The molecular formula is C25H26N6O3. The molecule has 1 amide bonds. The van der Waals surface area contributed by atoms with Crippen molar-refractivity contribution >= 4 is 22.9 Å². The van der Waals surface area contributed by atoms with Crippen LogP contribution in [0.5, 0.6) is 0 Å². The average molecular weight is 459 g/mol. The van der Waals surface area contributed by atoms with Crippen molar-refractivity contribution in [2.45, 2.75) is 25.0 Å². The lowest BCUT2D eigenvalue weighted by molar-refractivity contribution is 0.0592. The minimum absolute atomic E-state index is 0.0419. The van der Waals surface area contributed by atoms with Gasteiger partial charge in [-0.25, -0.2) is 15.0 Å². The van der Waals surface area contributed by atoms with Crippen LogP contribution in [-0.2, 0) is 4.74 Å². The summed E-state index contributed by atoms with van der Waals surface area (Å²) in [6.45, 7) is 0.709. The van der Waals surface area contributed by atoms with Gasteiger partial charge in [0.05, 0.1) is 6.33 Å². The SMILES string of the molecule is O=C(NCO)c1nc(NCC(c2ccccc2)c2ccccc2)c2ncn(C3CCCO3)c2n1. The van der Waals surface area contributed by atoms with E-state index in [0.29, 0.717) is 30.1 Å². The maximum absolute atomic E-state index is 12.5. The van der Waals surface area contributed by atoms with Crippen molar-refractivity contribution in [3.63, 3.8) is 0 Å². The zero-order valence-electron chi connectivity index (χ0n) is 18.6. The van der Waals surface area contributed by atoms with E-state index in [0.717, 1.165) is 24.0 Å². The van der Waals surface area contributed by atoms with Gasteiger partial charge in [0.15, 0.2) is 17.0 Å². The summed E-state index contributed by atoms with van der Waals surface area (Å²) in [6.07, 6.45) is 3.30. The van der Waals surface area contributed by atoms with Gasteiger partial charge in [0.1, 0.15) is 13.0 Å². The average Bonchev–Trinajstić information content (AvgIpc) is 3.55. The van der Waals surface area contributed by atoms with E-state index >= 15 is 0 Å². The van der Waals surface area contributed by atoms with Gasteiger partial charge in [-0.1, -0.05) is 60.7 Å². The molecule has 9 nitrogen and oxygen atoms in total. The van der Waals surface area contributed by atoms with E-state index in [-0.39, 0.29) is 18.0 Å². The molecular weight excluding hydrogens is 432 g/mol. The van der Waals surface area contributed by atoms with Gasteiger partial charge >= 0.3 is 0 Å². The molecule has 0 radical (unpaired) electrons. The van der Waals surface area contributed by atoms with E-state index in [1.807, 2.05) is 41.0 Å². The summed E-state index contributed by atoms with van der Waals surface area (Å²) in [5, 5.41) is 14.9. The summed E-state index contributed by atoms with van der Waals surface area (Å²) in [7, 11) is 0. The zero-order valence-corrected chi connectivity index (χ0v) is 18.6. The van der Waals surface area contributed by atoms with E-state index in [1.54, 1.807) is 6.33 Å². The second-order valence-electron chi connectivity index (χ2n) is 8.11. The first-order valence-corrected chi connectivity index (χ1v) is 11.3. The minimum atomic E-state index is -0.560. The number of carbonyl (C=O) groups excluding carboxylic acids is 1. The van der Waals surface area contributed by atoms with Crippen molar-refractivity contribution in [2.24, 2.45) is 0 Å². The third-order valence-corrected chi connectivity index (χ3v) is 5.96. The highest BCUT2D eigenvalue weighted by atomic mass is 16.5. The number of aliphatic hydroxyl groups is 1. The van der Waals surface area contributed by atoms with E-state index in [2.05, 4.69) is 49.9 Å². The quantitative estimate of drug-likeness (QED) is 0.348. The van der Waals surface area contributed by atoms with Crippen LogP contribution in [0.3, 0.4) is 0 Å². The van der Waals surface area contributed by atoms with Crippen molar-refractivity contribution < 1.29 is 14.6 Å². The molecule has 2 aromatic heterocycles. The second-order valence-corrected chi connectivity index (χ2v) is 8.11. The van der Waals surface area contributed by atoms with Gasteiger partial charge in [0.25, 0.3) is 5.91 Å². The lowest BCUT2D eigenvalue weighted by Gasteiger charge is -2.19. The summed E-state index contributed by atoms with van der Waals surface area (Å²) in [5.74, 6) is -0.0842. The van der Waals surface area contributed by atoms with Gasteiger partial charge in [0.2, 0.25) is 5.82 Å². The van der Waals surface area contributed by atoms with E-state index in [9.17, 15) is 4.79 Å². The Hall–Kier alpha value is -3.82. The number of fused-ring (bicyclic) bond motifs is 1. The standard InChI is InChI=1S/C25H26N6O3/c32-16-28-25(33)23-29-22(21-24(30-23)31(15-27-21)20-12-7-13-34-20)26-14-19(17-8-3-1-4-9-17)18-10-5-2-6-11-18/h1-6,8-11,15,19-20,32H,7,12-14,16H2,(H,28,33)(H,26,29,30). The number of amides is 1. The number of anilines is 1. The van der Waals surface area contributed by atoms with Gasteiger partial charge in [-0.2, -0.15) is 0 Å².